The minimum absolute atomic E-state index is 0.155. The van der Waals surface area contributed by atoms with E-state index in [-0.39, 0.29) is 6.54 Å². The van der Waals surface area contributed by atoms with E-state index in [9.17, 15) is 27.9 Å². The van der Waals surface area contributed by atoms with Gasteiger partial charge in [0.15, 0.2) is 6.04 Å². The predicted octanol–water partition coefficient (Wildman–Crippen LogP) is 1.39. The van der Waals surface area contributed by atoms with Gasteiger partial charge in [-0.15, -0.1) is 0 Å². The van der Waals surface area contributed by atoms with Gasteiger partial charge >= 0.3 is 18.0 Å². The third kappa shape index (κ3) is 3.64. The van der Waals surface area contributed by atoms with E-state index < -0.39 is 45.4 Å². The van der Waals surface area contributed by atoms with E-state index in [0.717, 1.165) is 0 Å². The normalized spacial score (nSPS) is 18.9. The van der Waals surface area contributed by atoms with Crippen molar-refractivity contribution in [3.63, 3.8) is 0 Å². The number of hydrogen-bond acceptors (Lipinski definition) is 5. The lowest BCUT2D eigenvalue weighted by molar-refractivity contribution is -0.139. The molecular formula is C16H21N3O6S. The summed E-state index contributed by atoms with van der Waals surface area (Å²) in [5.41, 5.74) is 0.333. The molecule has 2 unspecified atom stereocenters. The van der Waals surface area contributed by atoms with Crippen LogP contribution in [0.25, 0.3) is 0 Å². The Bertz CT molecular complexity index is 809. The fourth-order valence-electron chi connectivity index (χ4n) is 2.62. The first-order valence-corrected chi connectivity index (χ1v) is 9.50. The fraction of sp³-hybridized carbons (Fsp3) is 0.438. The summed E-state index contributed by atoms with van der Waals surface area (Å²) in [7, 11) is -3.89. The topological polar surface area (TPSA) is 124 Å². The molecule has 10 heteroatoms. The molecule has 0 saturated carbocycles. The maximum atomic E-state index is 12.5. The number of aliphatic carboxylic acids is 1. The summed E-state index contributed by atoms with van der Waals surface area (Å²) in [6.45, 7) is 4.23. The van der Waals surface area contributed by atoms with E-state index in [1.165, 1.54) is 32.9 Å². The lowest BCUT2D eigenvalue weighted by Gasteiger charge is -2.23. The van der Waals surface area contributed by atoms with Gasteiger partial charge in [0.25, 0.3) is 0 Å². The van der Waals surface area contributed by atoms with Crippen LogP contribution in [0.5, 0.6) is 0 Å². The van der Waals surface area contributed by atoms with Crippen LogP contribution in [0.1, 0.15) is 32.4 Å². The number of amides is 4. The summed E-state index contributed by atoms with van der Waals surface area (Å²) in [5.74, 6) is -1.30. The van der Waals surface area contributed by atoms with Gasteiger partial charge in [-0.1, -0.05) is 30.3 Å². The third-order valence-corrected chi connectivity index (χ3v) is 6.29. The molecule has 1 aromatic rings. The summed E-state index contributed by atoms with van der Waals surface area (Å²) < 4.78 is 25.3. The zero-order valence-corrected chi connectivity index (χ0v) is 15.4. The molecule has 2 rings (SSSR count). The molecule has 1 heterocycles. The van der Waals surface area contributed by atoms with E-state index >= 15 is 0 Å². The highest BCUT2D eigenvalue weighted by Gasteiger charge is 2.46. The van der Waals surface area contributed by atoms with Crippen molar-refractivity contribution in [3.05, 3.63) is 35.9 Å². The number of sulfonamides is 1. The van der Waals surface area contributed by atoms with Crippen LogP contribution < -0.4 is 5.32 Å². The van der Waals surface area contributed by atoms with Crippen molar-refractivity contribution in [2.24, 2.45) is 0 Å². The van der Waals surface area contributed by atoms with Crippen molar-refractivity contribution in [2.45, 2.75) is 38.1 Å². The van der Waals surface area contributed by atoms with Gasteiger partial charge < -0.3 is 10.4 Å². The van der Waals surface area contributed by atoms with E-state index in [1.807, 2.05) is 0 Å². The SMILES string of the molecule is CC1CN(C(=O)NC(C(=O)O)c2ccccc2)C(=O)N1S(=O)(=O)C(C)C. The Morgan fingerprint density at radius 3 is 2.31 bits per heavy atom. The second-order valence-corrected chi connectivity index (χ2v) is 8.63. The van der Waals surface area contributed by atoms with Crippen LogP contribution in [0.3, 0.4) is 0 Å². The summed E-state index contributed by atoms with van der Waals surface area (Å²) >= 11 is 0. The third-order valence-electron chi connectivity index (χ3n) is 4.03. The number of rotatable bonds is 5. The van der Waals surface area contributed by atoms with Crippen molar-refractivity contribution in [1.82, 2.24) is 14.5 Å². The summed E-state index contributed by atoms with van der Waals surface area (Å²) in [6.07, 6.45) is 0. The summed E-state index contributed by atoms with van der Waals surface area (Å²) in [4.78, 5) is 37.1. The Labute approximate surface area is 151 Å². The Morgan fingerprint density at radius 1 is 1.23 bits per heavy atom. The molecule has 1 fully saturated rings. The number of urea groups is 2. The van der Waals surface area contributed by atoms with Crippen LogP contribution in [0.2, 0.25) is 0 Å². The highest BCUT2D eigenvalue weighted by atomic mass is 32.2. The summed E-state index contributed by atoms with van der Waals surface area (Å²) in [5, 5.41) is 10.8. The average molecular weight is 383 g/mol. The van der Waals surface area contributed by atoms with E-state index in [2.05, 4.69) is 5.32 Å². The highest BCUT2D eigenvalue weighted by Crippen LogP contribution is 2.23. The van der Waals surface area contributed by atoms with Crippen molar-refractivity contribution in [3.8, 4) is 0 Å². The molecule has 0 bridgehead atoms. The maximum absolute atomic E-state index is 12.5. The number of nitrogens with zero attached hydrogens (tertiary/aromatic N) is 2. The lowest BCUT2D eigenvalue weighted by atomic mass is 10.1. The zero-order valence-electron chi connectivity index (χ0n) is 14.6. The maximum Gasteiger partial charge on any atom is 0.342 e. The average Bonchev–Trinajstić information content (AvgIpc) is 2.87. The number of benzene rings is 1. The Morgan fingerprint density at radius 2 is 1.81 bits per heavy atom. The van der Waals surface area contributed by atoms with Gasteiger partial charge in [0.1, 0.15) is 0 Å². The Hall–Kier alpha value is -2.62. The second-order valence-electron chi connectivity index (χ2n) is 6.26. The summed E-state index contributed by atoms with van der Waals surface area (Å²) in [6, 6.07) is 3.97. The van der Waals surface area contributed by atoms with Gasteiger partial charge in [0.05, 0.1) is 17.8 Å². The number of hydrogen-bond donors (Lipinski definition) is 2. The van der Waals surface area contributed by atoms with E-state index in [0.29, 0.717) is 14.8 Å². The molecule has 0 spiro atoms. The zero-order chi connectivity index (χ0) is 19.6. The molecule has 1 aliphatic rings. The number of carboxylic acid groups (broad SMARTS) is 1. The molecule has 1 aliphatic heterocycles. The van der Waals surface area contributed by atoms with Crippen LogP contribution >= 0.6 is 0 Å². The number of carbonyl (C=O) groups excluding carboxylic acids is 2. The van der Waals surface area contributed by atoms with Crippen molar-refractivity contribution in [1.29, 1.82) is 0 Å². The molecule has 1 aromatic carbocycles. The van der Waals surface area contributed by atoms with Gasteiger partial charge in [0, 0.05) is 0 Å². The van der Waals surface area contributed by atoms with Gasteiger partial charge in [-0.25, -0.2) is 32.0 Å². The van der Waals surface area contributed by atoms with E-state index in [4.69, 9.17) is 0 Å². The predicted molar refractivity (Wildman–Crippen MR) is 92.8 cm³/mol. The second kappa shape index (κ2) is 7.32. The van der Waals surface area contributed by atoms with Crippen LogP contribution in [-0.4, -0.2) is 58.6 Å². The molecule has 4 amide bonds. The smallest absolute Gasteiger partial charge is 0.342 e. The fourth-order valence-corrected chi connectivity index (χ4v) is 3.95. The quantitative estimate of drug-likeness (QED) is 0.792. The van der Waals surface area contributed by atoms with Crippen molar-refractivity contribution < 1.29 is 27.9 Å². The molecular weight excluding hydrogens is 362 g/mol. The largest absolute Gasteiger partial charge is 0.479 e. The number of carbonyl (C=O) groups is 3. The van der Waals surface area contributed by atoms with Crippen molar-refractivity contribution in [2.75, 3.05) is 6.54 Å². The molecule has 26 heavy (non-hydrogen) atoms. The number of nitrogens with one attached hydrogen (secondary N) is 1. The standard InChI is InChI=1S/C16H21N3O6S/c1-10(2)26(24,25)19-11(3)9-18(16(19)23)15(22)17-13(14(20)21)12-7-5-4-6-8-12/h4-8,10-11,13H,9H2,1-3H3,(H,17,22)(H,20,21). The Kier molecular flexibility index (Phi) is 5.55. The van der Waals surface area contributed by atoms with Gasteiger partial charge in [-0.05, 0) is 26.3 Å². The number of carboxylic acids is 1. The van der Waals surface area contributed by atoms with Crippen LogP contribution in [0.15, 0.2) is 30.3 Å². The lowest BCUT2D eigenvalue weighted by Crippen LogP contribution is -2.47. The monoisotopic (exact) mass is 383 g/mol. The highest BCUT2D eigenvalue weighted by molar-refractivity contribution is 7.90. The molecule has 0 radical (unpaired) electrons. The molecule has 0 aliphatic carbocycles. The first kappa shape index (κ1) is 19.7. The molecule has 9 nitrogen and oxygen atoms in total. The molecule has 0 aromatic heterocycles. The van der Waals surface area contributed by atoms with Crippen LogP contribution in [0.4, 0.5) is 9.59 Å². The van der Waals surface area contributed by atoms with Crippen LogP contribution in [0, 0.1) is 0 Å². The molecule has 142 valence electrons. The molecule has 2 atom stereocenters. The van der Waals surface area contributed by atoms with Gasteiger partial charge in [-0.3, -0.25) is 0 Å². The van der Waals surface area contributed by atoms with Crippen molar-refractivity contribution >= 4 is 28.1 Å². The first-order valence-electron chi connectivity index (χ1n) is 8.00. The minimum atomic E-state index is -3.89. The van der Waals surface area contributed by atoms with Gasteiger partial charge in [0.2, 0.25) is 10.0 Å². The molecule has 2 N–H and O–H groups in total. The van der Waals surface area contributed by atoms with Gasteiger partial charge in [-0.2, -0.15) is 0 Å². The van der Waals surface area contributed by atoms with Crippen LogP contribution in [-0.2, 0) is 14.8 Å². The molecule has 1 saturated heterocycles. The minimum Gasteiger partial charge on any atom is -0.479 e. The first-order chi connectivity index (χ1) is 12.1. The Balaban J connectivity index is 2.22. The number of imide groups is 1. The van der Waals surface area contributed by atoms with E-state index in [1.54, 1.807) is 18.2 Å².